The van der Waals surface area contributed by atoms with Crippen LogP contribution in [0.2, 0.25) is 0 Å². The van der Waals surface area contributed by atoms with Gasteiger partial charge in [0, 0.05) is 23.6 Å². The largest absolute Gasteiger partial charge is 0.497 e. The quantitative estimate of drug-likeness (QED) is 0.365. The minimum atomic E-state index is -1.37. The molecule has 0 bridgehead atoms. The Balaban J connectivity index is 1.53. The molecule has 7 heteroatoms. The van der Waals surface area contributed by atoms with Gasteiger partial charge in [0.25, 0.3) is 0 Å². The summed E-state index contributed by atoms with van der Waals surface area (Å²) in [6.45, 7) is 0. The fraction of sp³-hybridized carbons (Fsp3) is 0.152. The summed E-state index contributed by atoms with van der Waals surface area (Å²) >= 11 is 0. The zero-order valence-electron chi connectivity index (χ0n) is 21.7. The topological polar surface area (TPSA) is 88.6 Å². The van der Waals surface area contributed by atoms with Crippen molar-refractivity contribution in [2.45, 2.75) is 17.5 Å². The van der Waals surface area contributed by atoms with Gasteiger partial charge >= 0.3 is 0 Å². The molecule has 1 amide bonds. The Kier molecular flexibility index (Phi) is 5.42. The van der Waals surface area contributed by atoms with E-state index in [4.69, 9.17) is 4.74 Å². The smallest absolute Gasteiger partial charge is 0.238 e. The summed E-state index contributed by atoms with van der Waals surface area (Å²) in [6, 6.07) is 25.7. The first-order valence-electron chi connectivity index (χ1n) is 13.1. The fourth-order valence-electron chi connectivity index (χ4n) is 6.76. The van der Waals surface area contributed by atoms with Crippen molar-refractivity contribution in [2.75, 3.05) is 12.4 Å². The number of Topliss-reactive ketones (excluding diaryl/α,β-unsaturated/α-hetero) is 2. The molecule has 3 aromatic carbocycles. The van der Waals surface area contributed by atoms with Crippen LogP contribution in [0.3, 0.4) is 0 Å². The predicted molar refractivity (Wildman–Crippen MR) is 150 cm³/mol. The molecule has 1 aromatic heterocycles. The Labute approximate surface area is 231 Å². The van der Waals surface area contributed by atoms with Crippen molar-refractivity contribution in [1.82, 2.24) is 9.88 Å². The maximum Gasteiger partial charge on any atom is 0.238 e. The first kappa shape index (κ1) is 24.0. The number of ether oxygens (including phenoxy) is 1. The number of carbonyl (C=O) groups is 3. The van der Waals surface area contributed by atoms with E-state index in [0.717, 1.165) is 11.1 Å². The monoisotopic (exact) mass is 527 g/mol. The molecule has 4 heterocycles. The van der Waals surface area contributed by atoms with Crippen LogP contribution in [-0.4, -0.2) is 40.5 Å². The summed E-state index contributed by atoms with van der Waals surface area (Å²) in [6.07, 6.45) is 5.36. The number of nitrogens with zero attached hydrogens (tertiary/aromatic N) is 2. The van der Waals surface area contributed by atoms with Crippen molar-refractivity contribution in [3.63, 3.8) is 0 Å². The van der Waals surface area contributed by atoms with Crippen molar-refractivity contribution in [1.29, 1.82) is 0 Å². The molecule has 1 N–H and O–H groups in total. The van der Waals surface area contributed by atoms with Crippen LogP contribution in [0.25, 0.3) is 6.08 Å². The van der Waals surface area contributed by atoms with Crippen molar-refractivity contribution in [3.05, 3.63) is 131 Å². The number of aromatic nitrogens is 1. The van der Waals surface area contributed by atoms with E-state index in [9.17, 15) is 14.4 Å². The second kappa shape index (κ2) is 9.02. The van der Waals surface area contributed by atoms with E-state index in [-0.39, 0.29) is 23.2 Å². The molecule has 40 heavy (non-hydrogen) atoms. The Hall–Kier alpha value is -5.04. The fourth-order valence-corrected chi connectivity index (χ4v) is 6.76. The molecule has 3 aliphatic rings. The molecule has 1 spiro atoms. The van der Waals surface area contributed by atoms with Crippen molar-refractivity contribution in [2.24, 2.45) is 5.92 Å². The van der Waals surface area contributed by atoms with Crippen molar-refractivity contribution < 1.29 is 19.1 Å². The minimum absolute atomic E-state index is 0.245. The second-order valence-electron chi connectivity index (χ2n) is 10.3. The number of hydrogen-bond donors (Lipinski definition) is 1. The first-order valence-corrected chi connectivity index (χ1v) is 13.1. The summed E-state index contributed by atoms with van der Waals surface area (Å²) in [4.78, 5) is 49.8. The number of nitrogens with one attached hydrogen (secondary N) is 1. The van der Waals surface area contributed by atoms with Gasteiger partial charge in [-0.25, -0.2) is 0 Å². The molecule has 0 saturated carbocycles. The second-order valence-corrected chi connectivity index (χ2v) is 10.3. The van der Waals surface area contributed by atoms with Gasteiger partial charge in [0.1, 0.15) is 22.9 Å². The van der Waals surface area contributed by atoms with Crippen LogP contribution >= 0.6 is 0 Å². The van der Waals surface area contributed by atoms with Crippen LogP contribution in [0.4, 0.5) is 5.69 Å². The van der Waals surface area contributed by atoms with Crippen molar-refractivity contribution in [3.8, 4) is 5.75 Å². The van der Waals surface area contributed by atoms with Crippen molar-refractivity contribution >= 4 is 29.2 Å². The van der Waals surface area contributed by atoms with E-state index in [1.165, 1.54) is 0 Å². The van der Waals surface area contributed by atoms with Crippen LogP contribution in [0.5, 0.6) is 5.75 Å². The number of anilines is 1. The number of hydrogen-bond acceptors (Lipinski definition) is 6. The third kappa shape index (κ3) is 3.24. The Morgan fingerprint density at radius 1 is 0.900 bits per heavy atom. The lowest BCUT2D eigenvalue weighted by molar-refractivity contribution is -0.122. The van der Waals surface area contributed by atoms with Gasteiger partial charge in [-0.05, 0) is 65.2 Å². The molecule has 1 saturated heterocycles. The molecule has 7 rings (SSSR count). The lowest BCUT2D eigenvalue weighted by atomic mass is 9.62. The van der Waals surface area contributed by atoms with E-state index in [1.54, 1.807) is 55.8 Å². The summed E-state index contributed by atoms with van der Waals surface area (Å²) in [5, 5.41) is 3.06. The number of methoxy groups -OCH3 is 1. The third-order valence-electron chi connectivity index (χ3n) is 8.41. The average molecular weight is 528 g/mol. The SMILES string of the molecule is COc1ccc(C(=O)C2C(C(=O)c3ccccn3)N3C=Cc4ccccc4C3C23C(=O)Nc2ccccc23)cc1. The van der Waals surface area contributed by atoms with E-state index in [2.05, 4.69) is 10.3 Å². The van der Waals surface area contributed by atoms with Crippen LogP contribution < -0.4 is 10.1 Å². The third-order valence-corrected chi connectivity index (χ3v) is 8.41. The van der Waals surface area contributed by atoms with Gasteiger partial charge in [-0.2, -0.15) is 0 Å². The molecule has 7 nitrogen and oxygen atoms in total. The molecule has 4 unspecified atom stereocenters. The van der Waals surface area contributed by atoms with Crippen LogP contribution in [-0.2, 0) is 10.2 Å². The highest BCUT2D eigenvalue weighted by atomic mass is 16.5. The summed E-state index contributed by atoms with van der Waals surface area (Å²) in [5.74, 6) is -1.33. The van der Waals surface area contributed by atoms with E-state index < -0.39 is 23.4 Å². The number of fused-ring (bicyclic) bond motifs is 6. The maximum atomic E-state index is 14.7. The zero-order chi connectivity index (χ0) is 27.4. The maximum absolute atomic E-state index is 14.7. The van der Waals surface area contributed by atoms with Gasteiger partial charge in [-0.3, -0.25) is 19.4 Å². The molecule has 3 aliphatic heterocycles. The molecule has 196 valence electrons. The van der Waals surface area contributed by atoms with E-state index in [0.29, 0.717) is 22.6 Å². The number of amides is 1. The standard InChI is InChI=1S/C33H25N3O4/c1-40-22-15-13-21(14-16-22)29(37)27-28(30(38)26-12-6-7-18-34-26)36-19-17-20-8-2-3-9-23(20)31(36)33(27)24-10-4-5-11-25(24)35-32(33)39/h2-19,27-28,31H,1H3,(H,35,39). The van der Waals surface area contributed by atoms with Crippen LogP contribution in [0.15, 0.2) is 103 Å². The predicted octanol–water partition coefficient (Wildman–Crippen LogP) is 5.07. The molecular formula is C33H25N3O4. The van der Waals surface area contributed by atoms with Gasteiger partial charge in [0.15, 0.2) is 5.78 Å². The summed E-state index contributed by atoms with van der Waals surface area (Å²) in [5.41, 5.74) is 2.47. The van der Waals surface area contributed by atoms with Gasteiger partial charge in [0.05, 0.1) is 19.1 Å². The molecule has 1 fully saturated rings. The lowest BCUT2D eigenvalue weighted by Crippen LogP contribution is -2.49. The lowest BCUT2D eigenvalue weighted by Gasteiger charge is -2.38. The number of para-hydroxylation sites is 1. The number of rotatable bonds is 5. The average Bonchev–Trinajstić information content (AvgIpc) is 3.49. The zero-order valence-corrected chi connectivity index (χ0v) is 21.7. The van der Waals surface area contributed by atoms with E-state index >= 15 is 0 Å². The molecule has 0 aliphatic carbocycles. The number of pyridine rings is 1. The highest BCUT2D eigenvalue weighted by Crippen LogP contribution is 2.62. The molecule has 4 atom stereocenters. The van der Waals surface area contributed by atoms with Crippen LogP contribution in [0.1, 0.15) is 43.6 Å². The molecule has 4 aromatic rings. The first-order chi connectivity index (χ1) is 19.6. The van der Waals surface area contributed by atoms with E-state index in [1.807, 2.05) is 65.7 Å². The Bertz CT molecular complexity index is 1700. The number of benzene rings is 3. The highest BCUT2D eigenvalue weighted by Gasteiger charge is 2.70. The van der Waals surface area contributed by atoms with Crippen LogP contribution in [0, 0.1) is 5.92 Å². The van der Waals surface area contributed by atoms with Gasteiger partial charge < -0.3 is 15.0 Å². The van der Waals surface area contributed by atoms with Gasteiger partial charge in [0.2, 0.25) is 11.7 Å². The molecule has 0 radical (unpaired) electrons. The highest BCUT2D eigenvalue weighted by molar-refractivity contribution is 6.16. The summed E-state index contributed by atoms with van der Waals surface area (Å²) in [7, 11) is 1.56. The number of carbonyl (C=O) groups excluding carboxylic acids is 3. The van der Waals surface area contributed by atoms with Gasteiger partial charge in [-0.15, -0.1) is 0 Å². The Morgan fingerprint density at radius 3 is 2.42 bits per heavy atom. The molecular weight excluding hydrogens is 502 g/mol. The number of ketones is 2. The normalized spacial score (nSPS) is 23.8. The van der Waals surface area contributed by atoms with Gasteiger partial charge in [-0.1, -0.05) is 48.5 Å². The summed E-state index contributed by atoms with van der Waals surface area (Å²) < 4.78 is 5.31. The minimum Gasteiger partial charge on any atom is -0.497 e. The Morgan fingerprint density at radius 2 is 1.65 bits per heavy atom.